The Hall–Kier alpha value is -4.05. The van der Waals surface area contributed by atoms with Crippen molar-refractivity contribution in [3.63, 3.8) is 0 Å². The van der Waals surface area contributed by atoms with Gasteiger partial charge in [-0.15, -0.1) is 8.78 Å². The third kappa shape index (κ3) is 18.8. The van der Waals surface area contributed by atoms with Gasteiger partial charge in [-0.25, -0.2) is 4.79 Å². The van der Waals surface area contributed by atoms with Crippen LogP contribution < -0.4 is 25.4 Å². The van der Waals surface area contributed by atoms with E-state index in [1.165, 1.54) is 33.7 Å². The van der Waals surface area contributed by atoms with Crippen LogP contribution in [-0.2, 0) is 19.7 Å². The van der Waals surface area contributed by atoms with Crippen LogP contribution in [0.4, 0.5) is 13.6 Å². The number of carbonyl (C=O) groups is 3. The van der Waals surface area contributed by atoms with Crippen LogP contribution >= 0.6 is 21.6 Å². The minimum atomic E-state index is -3.78. The molecule has 2 aliphatic rings. The van der Waals surface area contributed by atoms with E-state index in [1.54, 1.807) is 6.07 Å². The number of carbonyl (C=O) groups excluding carboxylic acids is 3. The van der Waals surface area contributed by atoms with E-state index >= 15 is 0 Å². The van der Waals surface area contributed by atoms with Gasteiger partial charge in [0.2, 0.25) is 11.8 Å². The Bertz CT molecular complexity index is 1660. The molecule has 5 N–H and O–H groups in total. The largest absolute Gasteiger partial charge is 0.586 e. The predicted molar refractivity (Wildman–Crippen MR) is 233 cm³/mol. The number of halogens is 2. The number of hydrogen-bond donors (Lipinski definition) is 5. The molecule has 3 rings (SSSR count). The second-order valence-corrected chi connectivity index (χ2v) is 17.6. The van der Waals surface area contributed by atoms with Gasteiger partial charge in [0.05, 0.1) is 24.2 Å². The molecule has 1 aromatic carbocycles. The summed E-state index contributed by atoms with van der Waals surface area (Å²) in [6.45, 7) is 5.37. The van der Waals surface area contributed by atoms with Crippen molar-refractivity contribution < 1.29 is 47.6 Å². The molecule has 0 unspecified atom stereocenters. The first kappa shape index (κ1) is 49.3. The second-order valence-electron chi connectivity index (χ2n) is 14.6. The van der Waals surface area contributed by atoms with Crippen molar-refractivity contribution in [2.45, 2.75) is 114 Å². The fourth-order valence-corrected chi connectivity index (χ4v) is 8.21. The number of benzene rings is 1. The van der Waals surface area contributed by atoms with E-state index in [0.29, 0.717) is 43.5 Å². The smallest absolute Gasteiger partial charge is 0.447 e. The molecule has 0 aromatic heterocycles. The molecule has 15 heteroatoms. The molecule has 1 aromatic rings. The van der Waals surface area contributed by atoms with Gasteiger partial charge in [0.1, 0.15) is 6.61 Å². The zero-order valence-corrected chi connectivity index (χ0v) is 36.0. The summed E-state index contributed by atoms with van der Waals surface area (Å²) in [6, 6.07) is 3.61. The molecule has 326 valence electrons. The average Bonchev–Trinajstić information content (AvgIpc) is 3.95. The van der Waals surface area contributed by atoms with Crippen LogP contribution in [0, 0.1) is 0 Å². The molecule has 2 atom stereocenters. The quantitative estimate of drug-likeness (QED) is 0.0316. The lowest BCUT2D eigenvalue weighted by atomic mass is 9.93. The van der Waals surface area contributed by atoms with Crippen molar-refractivity contribution in [3.05, 3.63) is 96.7 Å². The summed E-state index contributed by atoms with van der Waals surface area (Å²) in [5, 5.41) is 26.9. The molecule has 0 radical (unpaired) electrons. The van der Waals surface area contributed by atoms with Crippen LogP contribution in [0.25, 0.3) is 0 Å². The Kier molecular flexibility index (Phi) is 21.9. The molecule has 0 spiro atoms. The molecular weight excluding hydrogens is 801 g/mol. The van der Waals surface area contributed by atoms with Gasteiger partial charge in [-0.05, 0) is 89.3 Å². The molecule has 1 saturated carbocycles. The number of nitrogens with one attached hydrogen (secondary N) is 3. The maximum absolute atomic E-state index is 13.8. The van der Waals surface area contributed by atoms with Crippen LogP contribution in [0.5, 0.6) is 11.5 Å². The van der Waals surface area contributed by atoms with Gasteiger partial charge in [0, 0.05) is 30.0 Å². The Morgan fingerprint density at radius 3 is 2.03 bits per heavy atom. The number of allylic oxidation sites excluding steroid dienone is 12. The standard InChI is InChI=1S/C44H61F2N3O8S2/c1-4-5-6-7-8-9-10-11-12-13-14-15-16-17-18-19-20-21-22-23-39(52)47-28-29-58-59-42(2,3)38(33-55-41(54)48-31-35(51)32-50)49-40(53)43(26-27-43)34-24-25-36-37(30-34)57-44(45,46)56-36/h5-6,8-9,11-12,14-15,17-18,20-21,24-25,30,35,38,50-51H,4,7,10,13,16,19,22-23,26-29,31-33H2,1-3H3,(H,47,52)(H,48,54)(H,49,53)/b6-5-,9-8-,12-11-,15-14-,18-17-,21-20-/t35-,38-/m1/s1. The van der Waals surface area contributed by atoms with Gasteiger partial charge in [0.15, 0.2) is 11.5 Å². The lowest BCUT2D eigenvalue weighted by Crippen LogP contribution is -2.53. The van der Waals surface area contributed by atoms with Crippen LogP contribution in [0.15, 0.2) is 91.1 Å². The predicted octanol–water partition coefficient (Wildman–Crippen LogP) is 8.36. The summed E-state index contributed by atoms with van der Waals surface area (Å²) in [4.78, 5) is 38.6. The number of amides is 3. The number of hydrogen-bond acceptors (Lipinski definition) is 10. The Balaban J connectivity index is 1.37. The van der Waals surface area contributed by atoms with E-state index in [2.05, 4.69) is 99.2 Å². The zero-order valence-electron chi connectivity index (χ0n) is 34.3. The Labute approximate surface area is 355 Å². The first-order chi connectivity index (χ1) is 28.3. The molecule has 59 heavy (non-hydrogen) atoms. The molecular formula is C44H61F2N3O8S2. The SMILES string of the molecule is CC/C=C\C/C=C\C/C=C\C/C=C\C/C=C\C/C=C\CCC(=O)NCCSSC(C)(C)[C@@H](COC(=O)NC[C@@H](O)CO)NC(=O)C1(c2ccc3c(c2)OC(F)(F)O3)CC1. The normalized spacial score (nSPS) is 16.8. The number of aliphatic hydroxyl groups is 2. The maximum Gasteiger partial charge on any atom is 0.586 e. The second kappa shape index (κ2) is 26.2. The van der Waals surface area contributed by atoms with Crippen LogP contribution in [0.2, 0.25) is 0 Å². The molecule has 1 aliphatic carbocycles. The van der Waals surface area contributed by atoms with Crippen molar-refractivity contribution in [1.29, 1.82) is 0 Å². The van der Waals surface area contributed by atoms with E-state index in [9.17, 15) is 28.3 Å². The highest BCUT2D eigenvalue weighted by molar-refractivity contribution is 8.77. The molecule has 0 bridgehead atoms. The molecule has 1 heterocycles. The Morgan fingerprint density at radius 2 is 1.46 bits per heavy atom. The fraction of sp³-hybridized carbons (Fsp3) is 0.523. The summed E-state index contributed by atoms with van der Waals surface area (Å²) in [6.07, 6.45) is 27.6. The van der Waals surface area contributed by atoms with Gasteiger partial charge in [0.25, 0.3) is 0 Å². The summed E-state index contributed by atoms with van der Waals surface area (Å²) < 4.78 is 41.1. The summed E-state index contributed by atoms with van der Waals surface area (Å²) in [7, 11) is 2.95. The lowest BCUT2D eigenvalue weighted by Gasteiger charge is -2.34. The summed E-state index contributed by atoms with van der Waals surface area (Å²) in [5.74, 6) is -0.0968. The minimum Gasteiger partial charge on any atom is -0.447 e. The summed E-state index contributed by atoms with van der Waals surface area (Å²) >= 11 is 0. The summed E-state index contributed by atoms with van der Waals surface area (Å²) in [5.41, 5.74) is -0.479. The first-order valence-corrected chi connectivity index (χ1v) is 22.5. The number of alkyl halides is 2. The van der Waals surface area contributed by atoms with Crippen molar-refractivity contribution in [2.75, 3.05) is 32.1 Å². The molecule has 3 amide bonds. The van der Waals surface area contributed by atoms with E-state index in [1.807, 2.05) is 19.9 Å². The highest BCUT2D eigenvalue weighted by Crippen LogP contribution is 2.52. The van der Waals surface area contributed by atoms with Crippen molar-refractivity contribution in [2.24, 2.45) is 0 Å². The number of ether oxygens (including phenoxy) is 3. The topological polar surface area (TPSA) is 155 Å². The molecule has 1 aliphatic heterocycles. The molecule has 1 fully saturated rings. The van der Waals surface area contributed by atoms with Crippen molar-refractivity contribution in [1.82, 2.24) is 16.0 Å². The molecule has 0 saturated heterocycles. The monoisotopic (exact) mass is 861 g/mol. The third-order valence-electron chi connectivity index (χ3n) is 9.27. The van der Waals surface area contributed by atoms with Gasteiger partial charge in [-0.2, -0.15) is 0 Å². The van der Waals surface area contributed by atoms with E-state index in [0.717, 1.165) is 38.5 Å². The molecule has 11 nitrogen and oxygen atoms in total. The van der Waals surface area contributed by atoms with Gasteiger partial charge >= 0.3 is 12.4 Å². The van der Waals surface area contributed by atoms with Gasteiger partial charge < -0.3 is 40.4 Å². The highest BCUT2D eigenvalue weighted by atomic mass is 33.1. The number of alkyl carbamates (subject to hydrolysis) is 1. The fourth-order valence-electron chi connectivity index (χ4n) is 5.63. The first-order valence-electron chi connectivity index (χ1n) is 20.2. The lowest BCUT2D eigenvalue weighted by molar-refractivity contribution is -0.286. The maximum atomic E-state index is 13.8. The van der Waals surface area contributed by atoms with E-state index in [4.69, 9.17) is 9.84 Å². The number of aliphatic hydroxyl groups excluding tert-OH is 2. The van der Waals surface area contributed by atoms with Crippen molar-refractivity contribution >= 4 is 39.5 Å². The van der Waals surface area contributed by atoms with Gasteiger partial charge in [-0.3, -0.25) is 9.59 Å². The highest BCUT2D eigenvalue weighted by Gasteiger charge is 2.54. The van der Waals surface area contributed by atoms with E-state index < -0.39 is 41.3 Å². The third-order valence-corrected chi connectivity index (χ3v) is 12.6. The average molecular weight is 862 g/mol. The van der Waals surface area contributed by atoms with Crippen LogP contribution in [0.1, 0.15) is 90.5 Å². The zero-order chi connectivity index (χ0) is 43.0. The Morgan fingerprint density at radius 1 is 0.881 bits per heavy atom. The minimum absolute atomic E-state index is 0.0489. The number of rotatable bonds is 28. The van der Waals surface area contributed by atoms with Gasteiger partial charge in [-0.1, -0.05) is 107 Å². The number of fused-ring (bicyclic) bond motifs is 1. The van der Waals surface area contributed by atoms with E-state index in [-0.39, 0.29) is 36.5 Å². The van der Waals surface area contributed by atoms with Crippen molar-refractivity contribution in [3.8, 4) is 11.5 Å². The van der Waals surface area contributed by atoms with Crippen LogP contribution in [-0.4, -0.2) is 83.4 Å². The van der Waals surface area contributed by atoms with Crippen LogP contribution in [0.3, 0.4) is 0 Å².